The van der Waals surface area contributed by atoms with E-state index >= 15 is 0 Å². The molecule has 0 saturated heterocycles. The number of cyclic esters (lactones) is 1. The maximum Gasteiger partial charge on any atom is 0.342 e. The van der Waals surface area contributed by atoms with E-state index < -0.39 is 11.9 Å². The summed E-state index contributed by atoms with van der Waals surface area (Å²) in [6.07, 6.45) is 4.24. The number of carbonyl (C=O) groups excluding carboxylic acids is 1. The van der Waals surface area contributed by atoms with E-state index in [0.29, 0.717) is 36.1 Å². The van der Waals surface area contributed by atoms with Gasteiger partial charge in [0, 0.05) is 11.1 Å². The highest BCUT2D eigenvalue weighted by Gasteiger charge is 2.32. The van der Waals surface area contributed by atoms with Crippen LogP contribution >= 0.6 is 0 Å². The number of rotatable bonds is 4. The number of phenolic OH excluding ortho intramolecular Hbond substituents is 1. The Labute approximate surface area is 139 Å². The van der Waals surface area contributed by atoms with E-state index in [1.807, 2.05) is 13.0 Å². The summed E-state index contributed by atoms with van der Waals surface area (Å²) in [7, 11) is 1.53. The minimum atomic E-state index is -0.769. The lowest BCUT2D eigenvalue weighted by Crippen LogP contribution is -2.08. The zero-order chi connectivity index (χ0) is 17.4. The van der Waals surface area contributed by atoms with Crippen LogP contribution in [0.4, 0.5) is 0 Å². The van der Waals surface area contributed by atoms with Crippen molar-refractivity contribution in [2.24, 2.45) is 5.92 Å². The monoisotopic (exact) mass is 332 g/mol. The fourth-order valence-corrected chi connectivity index (χ4v) is 3.55. The number of hydrogen-bond donors (Lipinski definition) is 2. The minimum absolute atomic E-state index is 0.0976. The van der Waals surface area contributed by atoms with Gasteiger partial charge < -0.3 is 19.7 Å². The number of esters is 1. The normalized spacial score (nSPS) is 21.0. The molecule has 6 nitrogen and oxygen atoms in total. The first-order chi connectivity index (χ1) is 11.4. The van der Waals surface area contributed by atoms with Gasteiger partial charge in [0.2, 0.25) is 0 Å². The second-order valence-corrected chi connectivity index (χ2v) is 6.26. The largest absolute Gasteiger partial charge is 0.507 e. The van der Waals surface area contributed by atoms with E-state index in [0.717, 1.165) is 17.6 Å². The van der Waals surface area contributed by atoms with Crippen molar-refractivity contribution < 1.29 is 29.3 Å². The second kappa shape index (κ2) is 6.19. The highest BCUT2D eigenvalue weighted by Crippen LogP contribution is 2.42. The number of aliphatic carboxylic acids is 1. The molecule has 1 atom stereocenters. The van der Waals surface area contributed by atoms with Gasteiger partial charge in [-0.1, -0.05) is 11.6 Å². The number of carboxylic acid groups (broad SMARTS) is 1. The molecule has 1 heterocycles. The van der Waals surface area contributed by atoms with E-state index in [2.05, 4.69) is 0 Å². The molecule has 0 bridgehead atoms. The van der Waals surface area contributed by atoms with Crippen LogP contribution in [0, 0.1) is 12.8 Å². The van der Waals surface area contributed by atoms with Gasteiger partial charge in [0.25, 0.3) is 0 Å². The van der Waals surface area contributed by atoms with Gasteiger partial charge in [0.05, 0.1) is 13.0 Å². The van der Waals surface area contributed by atoms with Crippen LogP contribution in [0.15, 0.2) is 11.6 Å². The van der Waals surface area contributed by atoms with Gasteiger partial charge in [-0.3, -0.25) is 4.79 Å². The Bertz CT molecular complexity index is 747. The number of ether oxygens (including phenoxy) is 2. The molecule has 1 aliphatic carbocycles. The standard InChI is InChI=1S/C18H20O6/c1-9-13-8-24-18(22)14(13)15(19)12(16(9)23-2)6-4-10-3-5-11(7-10)17(20)21/h4,11,19H,3,5-8H2,1-2H3,(H,20,21)/b10-4-. The Morgan fingerprint density at radius 3 is 2.83 bits per heavy atom. The van der Waals surface area contributed by atoms with Crippen LogP contribution < -0.4 is 4.74 Å². The average molecular weight is 332 g/mol. The van der Waals surface area contributed by atoms with E-state index in [-0.39, 0.29) is 23.8 Å². The molecule has 0 aromatic heterocycles. The van der Waals surface area contributed by atoms with E-state index in [1.54, 1.807) is 0 Å². The summed E-state index contributed by atoms with van der Waals surface area (Å²) in [5.74, 6) is -1.17. The third-order valence-corrected chi connectivity index (χ3v) is 4.91. The predicted molar refractivity (Wildman–Crippen MR) is 85.3 cm³/mol. The smallest absolute Gasteiger partial charge is 0.342 e. The molecule has 1 aromatic carbocycles. The fourth-order valence-electron chi connectivity index (χ4n) is 3.55. The molecular weight excluding hydrogens is 312 g/mol. The molecule has 0 amide bonds. The van der Waals surface area contributed by atoms with Crippen LogP contribution in [-0.2, 0) is 22.6 Å². The van der Waals surface area contributed by atoms with Crippen molar-refractivity contribution in [3.8, 4) is 11.5 Å². The second-order valence-electron chi connectivity index (χ2n) is 6.26. The number of benzene rings is 1. The number of methoxy groups -OCH3 is 1. The molecule has 6 heteroatoms. The van der Waals surface area contributed by atoms with Crippen LogP contribution in [0.5, 0.6) is 11.5 Å². The maximum absolute atomic E-state index is 11.9. The number of fused-ring (bicyclic) bond motifs is 1. The van der Waals surface area contributed by atoms with Crippen LogP contribution in [0.1, 0.15) is 46.3 Å². The summed E-state index contributed by atoms with van der Waals surface area (Å²) in [6, 6.07) is 0. The molecule has 1 aromatic rings. The molecule has 1 fully saturated rings. The number of aromatic hydroxyl groups is 1. The predicted octanol–water partition coefficient (Wildman–Crippen LogP) is 2.73. The third-order valence-electron chi connectivity index (χ3n) is 4.91. The fraction of sp³-hybridized carbons (Fsp3) is 0.444. The molecule has 1 aliphatic heterocycles. The van der Waals surface area contributed by atoms with Crippen LogP contribution in [0.3, 0.4) is 0 Å². The van der Waals surface area contributed by atoms with E-state index in [1.165, 1.54) is 7.11 Å². The van der Waals surface area contributed by atoms with Crippen molar-refractivity contribution in [3.05, 3.63) is 33.9 Å². The van der Waals surface area contributed by atoms with Crippen LogP contribution in [0.25, 0.3) is 0 Å². The average Bonchev–Trinajstić information content (AvgIpc) is 3.16. The number of hydrogen-bond acceptors (Lipinski definition) is 5. The number of allylic oxidation sites excluding steroid dienone is 2. The van der Waals surface area contributed by atoms with Gasteiger partial charge in [-0.2, -0.15) is 0 Å². The van der Waals surface area contributed by atoms with Gasteiger partial charge in [-0.15, -0.1) is 0 Å². The van der Waals surface area contributed by atoms with Crippen LogP contribution in [-0.4, -0.2) is 29.3 Å². The molecular formula is C18H20O6. The van der Waals surface area contributed by atoms with Crippen LogP contribution in [0.2, 0.25) is 0 Å². The first-order valence-electron chi connectivity index (χ1n) is 7.93. The molecule has 24 heavy (non-hydrogen) atoms. The molecule has 2 aliphatic rings. The third kappa shape index (κ3) is 2.62. The Morgan fingerprint density at radius 2 is 2.21 bits per heavy atom. The zero-order valence-corrected chi connectivity index (χ0v) is 13.7. The van der Waals surface area contributed by atoms with Crippen molar-refractivity contribution in [1.82, 2.24) is 0 Å². The van der Waals surface area contributed by atoms with Gasteiger partial charge in [-0.05, 0) is 38.2 Å². The summed E-state index contributed by atoms with van der Waals surface area (Å²) in [6.45, 7) is 1.98. The maximum atomic E-state index is 11.9. The minimum Gasteiger partial charge on any atom is -0.507 e. The lowest BCUT2D eigenvalue weighted by Gasteiger charge is -2.15. The quantitative estimate of drug-likeness (QED) is 0.650. The van der Waals surface area contributed by atoms with Crippen molar-refractivity contribution in [2.75, 3.05) is 7.11 Å². The summed E-state index contributed by atoms with van der Waals surface area (Å²) < 4.78 is 10.5. The molecule has 1 saturated carbocycles. The molecule has 2 N–H and O–H groups in total. The first-order valence-corrected chi connectivity index (χ1v) is 7.93. The number of carbonyl (C=O) groups is 2. The summed E-state index contributed by atoms with van der Waals surface area (Å²) >= 11 is 0. The van der Waals surface area contributed by atoms with Gasteiger partial charge in [-0.25, -0.2) is 4.79 Å². The Hall–Kier alpha value is -2.50. The van der Waals surface area contributed by atoms with Gasteiger partial charge >= 0.3 is 11.9 Å². The molecule has 1 unspecified atom stereocenters. The topological polar surface area (TPSA) is 93.1 Å². The summed E-state index contributed by atoms with van der Waals surface area (Å²) in [4.78, 5) is 22.9. The van der Waals surface area contributed by atoms with Crippen molar-refractivity contribution in [2.45, 2.75) is 39.2 Å². The van der Waals surface area contributed by atoms with Crippen molar-refractivity contribution in [3.63, 3.8) is 0 Å². The number of carboxylic acids is 1. The first kappa shape index (κ1) is 16.4. The number of phenols is 1. The molecule has 0 radical (unpaired) electrons. The van der Waals surface area contributed by atoms with Crippen molar-refractivity contribution in [1.29, 1.82) is 0 Å². The lowest BCUT2D eigenvalue weighted by atomic mass is 9.94. The highest BCUT2D eigenvalue weighted by molar-refractivity contribution is 5.98. The Kier molecular flexibility index (Phi) is 4.22. The SMILES string of the molecule is COc1c(C)c2c(c(O)c1C/C=C1/CCC(C(=O)O)C1)C(=O)OC2. The lowest BCUT2D eigenvalue weighted by molar-refractivity contribution is -0.141. The molecule has 3 rings (SSSR count). The van der Waals surface area contributed by atoms with E-state index in [9.17, 15) is 14.7 Å². The summed E-state index contributed by atoms with van der Waals surface area (Å²) in [5.41, 5.74) is 3.27. The van der Waals surface area contributed by atoms with Gasteiger partial charge in [0.1, 0.15) is 23.7 Å². The van der Waals surface area contributed by atoms with Crippen molar-refractivity contribution >= 4 is 11.9 Å². The molecule has 128 valence electrons. The van der Waals surface area contributed by atoms with Gasteiger partial charge in [0.15, 0.2) is 0 Å². The zero-order valence-electron chi connectivity index (χ0n) is 13.7. The van der Waals surface area contributed by atoms with E-state index in [4.69, 9.17) is 14.6 Å². The Balaban J connectivity index is 1.94. The highest BCUT2D eigenvalue weighted by atomic mass is 16.5. The summed E-state index contributed by atoms with van der Waals surface area (Å²) in [5, 5.41) is 19.6. The Morgan fingerprint density at radius 1 is 1.46 bits per heavy atom. The molecule has 0 spiro atoms.